The summed E-state index contributed by atoms with van der Waals surface area (Å²) >= 11 is 0. The van der Waals surface area contributed by atoms with Crippen LogP contribution in [0.15, 0.2) is 18.2 Å². The molecule has 3 aromatic rings. The zero-order valence-electron chi connectivity index (χ0n) is 16.5. The molecule has 0 unspecified atom stereocenters. The zero-order valence-corrected chi connectivity index (χ0v) is 16.5. The number of nitriles is 2. The molecule has 2 bridgehead atoms. The summed E-state index contributed by atoms with van der Waals surface area (Å²) in [6, 6.07) is 8.29. The van der Waals surface area contributed by atoms with Gasteiger partial charge < -0.3 is 10.1 Å². The molecular formula is C21H18N8O. The third-order valence-corrected chi connectivity index (χ3v) is 5.84. The van der Waals surface area contributed by atoms with E-state index >= 15 is 0 Å². The normalized spacial score (nSPS) is 24.0. The Bertz CT molecular complexity index is 1250. The summed E-state index contributed by atoms with van der Waals surface area (Å²) in [6.07, 6.45) is 5.62. The number of aromatic amines is 1. The van der Waals surface area contributed by atoms with Gasteiger partial charge in [-0.2, -0.15) is 20.5 Å². The van der Waals surface area contributed by atoms with Gasteiger partial charge in [-0.05, 0) is 68.0 Å². The van der Waals surface area contributed by atoms with Crippen LogP contribution in [0.2, 0.25) is 0 Å². The number of aromatic nitrogens is 5. The van der Waals surface area contributed by atoms with E-state index in [1.165, 1.54) is 6.08 Å². The predicted molar refractivity (Wildman–Crippen MR) is 108 cm³/mol. The van der Waals surface area contributed by atoms with Gasteiger partial charge in [-0.3, -0.25) is 5.10 Å². The van der Waals surface area contributed by atoms with Gasteiger partial charge in [-0.1, -0.05) is 5.21 Å². The maximum Gasteiger partial charge on any atom is 0.252 e. The Morgan fingerprint density at radius 2 is 1.90 bits per heavy atom. The summed E-state index contributed by atoms with van der Waals surface area (Å²) < 4.78 is 6.19. The molecule has 1 aromatic carbocycles. The molecule has 0 aliphatic heterocycles. The average Bonchev–Trinajstić information content (AvgIpc) is 3.13. The van der Waals surface area contributed by atoms with E-state index in [9.17, 15) is 5.26 Å². The third kappa shape index (κ3) is 2.75. The smallest absolute Gasteiger partial charge is 0.252 e. The highest BCUT2D eigenvalue weighted by atomic mass is 16.5. The van der Waals surface area contributed by atoms with Crippen LogP contribution in [-0.2, 0) is 0 Å². The molecule has 30 heavy (non-hydrogen) atoms. The summed E-state index contributed by atoms with van der Waals surface area (Å²) in [4.78, 5) is 9.01. The van der Waals surface area contributed by atoms with Gasteiger partial charge in [-0.25, -0.2) is 0 Å². The number of nitrogens with one attached hydrogen (secondary N) is 2. The number of hydrogen-bond acceptors (Lipinski definition) is 8. The molecular weight excluding hydrogens is 380 g/mol. The first-order chi connectivity index (χ1) is 14.4. The Hall–Kier alpha value is -3.98. The lowest BCUT2D eigenvalue weighted by atomic mass is 9.40. The van der Waals surface area contributed by atoms with Crippen LogP contribution in [0.5, 0.6) is 11.6 Å². The second-order valence-corrected chi connectivity index (χ2v) is 8.24. The Morgan fingerprint density at radius 3 is 2.57 bits per heavy atom. The molecule has 2 N–H and O–H groups in total. The molecule has 0 saturated heterocycles. The third-order valence-electron chi connectivity index (χ3n) is 5.84. The van der Waals surface area contributed by atoms with Crippen LogP contribution in [0.3, 0.4) is 0 Å². The predicted octanol–water partition coefficient (Wildman–Crippen LogP) is 3.55. The van der Waals surface area contributed by atoms with E-state index in [0.29, 0.717) is 28.7 Å². The van der Waals surface area contributed by atoms with E-state index in [4.69, 9.17) is 10.00 Å². The van der Waals surface area contributed by atoms with Gasteiger partial charge in [0.15, 0.2) is 5.52 Å². The maximum absolute atomic E-state index is 9.23. The minimum Gasteiger partial charge on any atom is -0.436 e. The zero-order chi connectivity index (χ0) is 20.9. The van der Waals surface area contributed by atoms with E-state index in [-0.39, 0.29) is 11.0 Å². The van der Waals surface area contributed by atoms with Crippen molar-refractivity contribution in [3.63, 3.8) is 0 Å². The molecule has 3 aliphatic carbocycles. The molecule has 0 spiro atoms. The molecule has 0 amide bonds. The number of allylic oxidation sites excluding steroid dienone is 1. The Morgan fingerprint density at radius 1 is 1.17 bits per heavy atom. The number of anilines is 1. The van der Waals surface area contributed by atoms with Crippen molar-refractivity contribution in [2.45, 2.75) is 38.6 Å². The van der Waals surface area contributed by atoms with Crippen molar-refractivity contribution in [2.24, 2.45) is 5.41 Å². The number of H-pyrrole nitrogens is 1. The Balaban J connectivity index is 1.46. The number of benzene rings is 1. The van der Waals surface area contributed by atoms with E-state index in [1.54, 1.807) is 6.08 Å². The Labute approximate surface area is 172 Å². The summed E-state index contributed by atoms with van der Waals surface area (Å²) in [6.45, 7) is 3.88. The molecule has 3 fully saturated rings. The van der Waals surface area contributed by atoms with E-state index in [0.717, 1.165) is 36.0 Å². The highest BCUT2D eigenvalue weighted by molar-refractivity contribution is 5.77. The van der Waals surface area contributed by atoms with Crippen LogP contribution in [0.25, 0.3) is 17.2 Å². The SMILES string of the molecule is Cc1cc(/C=C/C#N)cc(C)c1Oc1nc(NC23CC(C#N)(C2)C3)nc2nn[nH]c12. The lowest BCUT2D eigenvalue weighted by Gasteiger charge is -2.66. The van der Waals surface area contributed by atoms with Gasteiger partial charge in [0, 0.05) is 11.6 Å². The first kappa shape index (κ1) is 18.1. The molecule has 2 heterocycles. The minimum atomic E-state index is -0.166. The van der Waals surface area contributed by atoms with Crippen molar-refractivity contribution in [1.82, 2.24) is 25.4 Å². The first-order valence-electron chi connectivity index (χ1n) is 9.58. The topological polar surface area (TPSA) is 136 Å². The van der Waals surface area contributed by atoms with Gasteiger partial charge in [0.05, 0.1) is 17.6 Å². The fourth-order valence-electron chi connectivity index (χ4n) is 4.60. The summed E-state index contributed by atoms with van der Waals surface area (Å²) in [5.41, 5.74) is 3.40. The molecule has 3 aliphatic rings. The molecule has 148 valence electrons. The highest BCUT2D eigenvalue weighted by Gasteiger charge is 2.69. The number of hydrogen-bond donors (Lipinski definition) is 2. The van der Waals surface area contributed by atoms with Crippen LogP contribution < -0.4 is 10.1 Å². The lowest BCUT2D eigenvalue weighted by molar-refractivity contribution is -0.0665. The number of ether oxygens (including phenoxy) is 1. The van der Waals surface area contributed by atoms with Crippen molar-refractivity contribution in [1.29, 1.82) is 10.5 Å². The first-order valence-corrected chi connectivity index (χ1v) is 9.58. The number of nitrogens with zero attached hydrogens (tertiary/aromatic N) is 6. The van der Waals surface area contributed by atoms with E-state index in [2.05, 4.69) is 36.8 Å². The fraction of sp³-hybridized carbons (Fsp3) is 0.333. The molecule has 0 atom stereocenters. The lowest BCUT2D eigenvalue weighted by Crippen LogP contribution is -2.70. The van der Waals surface area contributed by atoms with Gasteiger partial charge in [-0.15, -0.1) is 5.10 Å². The van der Waals surface area contributed by atoms with Crippen LogP contribution >= 0.6 is 0 Å². The van der Waals surface area contributed by atoms with E-state index < -0.39 is 0 Å². The van der Waals surface area contributed by atoms with Crippen molar-refractivity contribution in [2.75, 3.05) is 5.32 Å². The maximum atomic E-state index is 9.23. The standard InChI is InChI=1S/C21H18N8O/c1-12-6-14(4-3-5-22)7-13(2)16(12)30-18-15-17(28-29-27-15)24-19(25-18)26-21-8-20(9-21,10-21)11-23/h3-4,6-7H,8-10H2,1-2H3,(H2,24,25,26,27,28,29)/b4-3+. The van der Waals surface area contributed by atoms with Gasteiger partial charge in [0.1, 0.15) is 5.75 Å². The second-order valence-electron chi connectivity index (χ2n) is 8.24. The quantitative estimate of drug-likeness (QED) is 0.623. The summed E-state index contributed by atoms with van der Waals surface area (Å²) in [7, 11) is 0. The van der Waals surface area contributed by atoms with E-state index in [1.807, 2.05) is 32.0 Å². The van der Waals surface area contributed by atoms with Crippen LogP contribution in [0.4, 0.5) is 5.95 Å². The minimum absolute atomic E-state index is 0.106. The molecule has 9 nitrogen and oxygen atoms in total. The average molecular weight is 398 g/mol. The monoisotopic (exact) mass is 398 g/mol. The van der Waals surface area contributed by atoms with Crippen molar-refractivity contribution >= 4 is 23.2 Å². The Kier molecular flexibility index (Phi) is 3.77. The molecule has 3 saturated carbocycles. The van der Waals surface area contributed by atoms with Crippen molar-refractivity contribution < 1.29 is 4.74 Å². The molecule has 2 aromatic heterocycles. The van der Waals surface area contributed by atoms with Crippen LogP contribution in [0.1, 0.15) is 36.0 Å². The molecule has 6 rings (SSSR count). The van der Waals surface area contributed by atoms with Gasteiger partial charge in [0.25, 0.3) is 5.88 Å². The summed E-state index contributed by atoms with van der Waals surface area (Å²) in [5.74, 6) is 1.43. The molecule has 0 radical (unpaired) electrons. The van der Waals surface area contributed by atoms with Gasteiger partial charge >= 0.3 is 0 Å². The summed E-state index contributed by atoms with van der Waals surface area (Å²) in [5, 5.41) is 32.0. The highest BCUT2D eigenvalue weighted by Crippen LogP contribution is 2.67. The van der Waals surface area contributed by atoms with Crippen LogP contribution in [0, 0.1) is 41.9 Å². The fourth-order valence-corrected chi connectivity index (χ4v) is 4.60. The number of fused-ring (bicyclic) bond motifs is 1. The second kappa shape index (κ2) is 6.26. The van der Waals surface area contributed by atoms with Crippen molar-refractivity contribution in [3.05, 3.63) is 34.9 Å². The largest absolute Gasteiger partial charge is 0.436 e. The molecule has 9 heteroatoms. The van der Waals surface area contributed by atoms with Gasteiger partial charge in [0.2, 0.25) is 11.6 Å². The van der Waals surface area contributed by atoms with Crippen molar-refractivity contribution in [3.8, 4) is 23.8 Å². The number of aryl methyl sites for hydroxylation is 2. The van der Waals surface area contributed by atoms with Crippen LogP contribution in [-0.4, -0.2) is 30.9 Å². The number of rotatable bonds is 5.